The third kappa shape index (κ3) is 9.28. The summed E-state index contributed by atoms with van der Waals surface area (Å²) >= 11 is 5.81. The number of aliphatic imine (C=N–C) groups is 1. The van der Waals surface area contributed by atoms with Gasteiger partial charge >= 0.3 is 0 Å². The Morgan fingerprint density at radius 2 is 2.00 bits per heavy atom. The summed E-state index contributed by atoms with van der Waals surface area (Å²) in [6.07, 6.45) is 2.82. The first kappa shape index (κ1) is 23.5. The normalized spacial score (nSPS) is 11.1. The van der Waals surface area contributed by atoms with E-state index in [-0.39, 0.29) is 30.1 Å². The van der Waals surface area contributed by atoms with Crippen LogP contribution in [0.5, 0.6) is 5.75 Å². The Labute approximate surface area is 184 Å². The lowest BCUT2D eigenvalue weighted by molar-refractivity contribution is 0.242. The molecule has 0 atom stereocenters. The first-order valence-corrected chi connectivity index (χ1v) is 9.33. The molecule has 2 aromatic rings. The minimum Gasteiger partial charge on any atom is -0.491 e. The lowest BCUT2D eigenvalue weighted by Crippen LogP contribution is -2.38. The molecule has 0 spiro atoms. The largest absolute Gasteiger partial charge is 0.491 e. The van der Waals surface area contributed by atoms with Gasteiger partial charge in [-0.05, 0) is 56.5 Å². The van der Waals surface area contributed by atoms with E-state index in [0.29, 0.717) is 11.7 Å². The van der Waals surface area contributed by atoms with Crippen LogP contribution in [0.2, 0.25) is 5.15 Å². The van der Waals surface area contributed by atoms with Crippen LogP contribution >= 0.6 is 35.6 Å². The number of rotatable bonds is 8. The third-order valence-electron chi connectivity index (χ3n) is 3.53. The Morgan fingerprint density at radius 1 is 1.19 bits per heavy atom. The third-order valence-corrected chi connectivity index (χ3v) is 3.75. The van der Waals surface area contributed by atoms with Gasteiger partial charge in [-0.1, -0.05) is 29.8 Å². The zero-order valence-electron chi connectivity index (χ0n) is 16.0. The van der Waals surface area contributed by atoms with E-state index >= 15 is 0 Å². The van der Waals surface area contributed by atoms with Crippen LogP contribution in [0.15, 0.2) is 47.6 Å². The number of nitrogens with zero attached hydrogens (tertiary/aromatic N) is 2. The Kier molecular flexibility index (Phi) is 11.1. The molecule has 0 unspecified atom stereocenters. The van der Waals surface area contributed by atoms with Crippen LogP contribution in [0.3, 0.4) is 0 Å². The van der Waals surface area contributed by atoms with Gasteiger partial charge < -0.3 is 15.4 Å². The molecule has 2 N–H and O–H groups in total. The number of ether oxygens (including phenoxy) is 1. The van der Waals surface area contributed by atoms with Crippen LogP contribution in [-0.4, -0.2) is 30.1 Å². The van der Waals surface area contributed by atoms with Crippen molar-refractivity contribution in [3.05, 3.63) is 58.9 Å². The fourth-order valence-corrected chi connectivity index (χ4v) is 2.49. The van der Waals surface area contributed by atoms with E-state index < -0.39 is 0 Å². The predicted molar refractivity (Wildman–Crippen MR) is 123 cm³/mol. The van der Waals surface area contributed by atoms with Gasteiger partial charge in [0.05, 0.1) is 12.6 Å². The van der Waals surface area contributed by atoms with Crippen molar-refractivity contribution in [2.24, 2.45) is 4.99 Å². The van der Waals surface area contributed by atoms with E-state index in [1.54, 1.807) is 6.20 Å². The summed E-state index contributed by atoms with van der Waals surface area (Å²) in [6.45, 7) is 8.27. The quantitative estimate of drug-likeness (QED) is 0.243. The lowest BCUT2D eigenvalue weighted by Gasteiger charge is -2.12. The number of hydrogen-bond acceptors (Lipinski definition) is 3. The van der Waals surface area contributed by atoms with Crippen LogP contribution < -0.4 is 15.4 Å². The van der Waals surface area contributed by atoms with E-state index in [1.807, 2.05) is 44.2 Å². The highest BCUT2D eigenvalue weighted by Crippen LogP contribution is 2.15. The van der Waals surface area contributed by atoms with Crippen LogP contribution in [0.4, 0.5) is 0 Å². The molecule has 2 rings (SSSR count). The molecule has 0 aliphatic carbocycles. The monoisotopic (exact) mass is 502 g/mol. The van der Waals surface area contributed by atoms with Gasteiger partial charge in [-0.15, -0.1) is 24.0 Å². The maximum atomic E-state index is 5.81. The molecule has 5 nitrogen and oxygen atoms in total. The molecule has 0 radical (unpaired) electrons. The zero-order chi connectivity index (χ0) is 18.8. The Hall–Kier alpha value is -1.54. The lowest BCUT2D eigenvalue weighted by atomic mass is 10.2. The van der Waals surface area contributed by atoms with Crippen LogP contribution in [0.1, 0.15) is 31.9 Å². The topological polar surface area (TPSA) is 58.5 Å². The van der Waals surface area contributed by atoms with Gasteiger partial charge in [0, 0.05) is 19.3 Å². The van der Waals surface area contributed by atoms with Crippen LogP contribution in [0, 0.1) is 0 Å². The first-order chi connectivity index (χ1) is 12.6. The number of pyridine rings is 1. The van der Waals surface area contributed by atoms with Gasteiger partial charge in [-0.3, -0.25) is 0 Å². The van der Waals surface area contributed by atoms with Crippen molar-refractivity contribution in [3.63, 3.8) is 0 Å². The van der Waals surface area contributed by atoms with Crippen molar-refractivity contribution in [1.82, 2.24) is 15.6 Å². The minimum atomic E-state index is 0. The number of aromatic nitrogens is 1. The summed E-state index contributed by atoms with van der Waals surface area (Å²) in [5, 5.41) is 7.13. The highest BCUT2D eigenvalue weighted by atomic mass is 127. The Bertz CT molecular complexity index is 707. The van der Waals surface area contributed by atoms with Crippen molar-refractivity contribution in [3.8, 4) is 5.75 Å². The molecule has 27 heavy (non-hydrogen) atoms. The molecule has 0 fully saturated rings. The van der Waals surface area contributed by atoms with E-state index in [4.69, 9.17) is 16.3 Å². The van der Waals surface area contributed by atoms with Gasteiger partial charge in [0.1, 0.15) is 10.9 Å². The van der Waals surface area contributed by atoms with E-state index in [2.05, 4.69) is 33.6 Å². The summed E-state index contributed by atoms with van der Waals surface area (Å²) in [6, 6.07) is 11.9. The number of hydrogen-bond donors (Lipinski definition) is 2. The first-order valence-electron chi connectivity index (χ1n) is 8.95. The molecule has 148 valence electrons. The second-order valence-corrected chi connectivity index (χ2v) is 6.56. The average Bonchev–Trinajstić information content (AvgIpc) is 2.61. The summed E-state index contributed by atoms with van der Waals surface area (Å²) < 4.78 is 5.74. The molecular weight excluding hydrogens is 475 g/mol. The number of benzene rings is 1. The SMILES string of the molecule is CCNC(=NCc1cccc(OC(C)C)c1)NCCc1ccc(Cl)nc1.I. The minimum absolute atomic E-state index is 0. The van der Waals surface area contributed by atoms with E-state index in [1.165, 1.54) is 0 Å². The highest BCUT2D eigenvalue weighted by Gasteiger charge is 2.01. The second kappa shape index (κ2) is 12.8. The maximum absolute atomic E-state index is 5.81. The Balaban J connectivity index is 0.00000364. The smallest absolute Gasteiger partial charge is 0.191 e. The molecule has 0 aliphatic heterocycles. The second-order valence-electron chi connectivity index (χ2n) is 6.18. The number of guanidine groups is 1. The maximum Gasteiger partial charge on any atom is 0.191 e. The fraction of sp³-hybridized carbons (Fsp3) is 0.400. The molecule has 1 aromatic carbocycles. The summed E-state index contributed by atoms with van der Waals surface area (Å²) in [4.78, 5) is 8.75. The summed E-state index contributed by atoms with van der Waals surface area (Å²) in [5.74, 6) is 1.67. The molecule has 7 heteroatoms. The van der Waals surface area contributed by atoms with Crippen molar-refractivity contribution < 1.29 is 4.74 Å². The predicted octanol–water partition coefficient (Wildman–Crippen LogP) is 4.44. The number of halogens is 2. The van der Waals surface area contributed by atoms with Crippen molar-refractivity contribution in [2.75, 3.05) is 13.1 Å². The fourth-order valence-electron chi connectivity index (χ4n) is 2.38. The molecule has 0 saturated heterocycles. The molecule has 0 saturated carbocycles. The van der Waals surface area contributed by atoms with Gasteiger partial charge in [0.15, 0.2) is 5.96 Å². The van der Waals surface area contributed by atoms with E-state index in [9.17, 15) is 0 Å². The molecule has 1 aromatic heterocycles. The van der Waals surface area contributed by atoms with Gasteiger partial charge in [-0.25, -0.2) is 9.98 Å². The van der Waals surface area contributed by atoms with Gasteiger partial charge in [-0.2, -0.15) is 0 Å². The zero-order valence-corrected chi connectivity index (χ0v) is 19.1. The van der Waals surface area contributed by atoms with Crippen LogP contribution in [-0.2, 0) is 13.0 Å². The Morgan fingerprint density at radius 3 is 2.67 bits per heavy atom. The molecule has 0 bridgehead atoms. The van der Waals surface area contributed by atoms with Gasteiger partial charge in [0.2, 0.25) is 0 Å². The number of nitrogens with one attached hydrogen (secondary N) is 2. The molecule has 0 aliphatic rings. The summed E-state index contributed by atoms with van der Waals surface area (Å²) in [7, 11) is 0. The van der Waals surface area contributed by atoms with Crippen molar-refractivity contribution in [2.45, 2.75) is 39.8 Å². The molecule has 0 amide bonds. The average molecular weight is 503 g/mol. The van der Waals surface area contributed by atoms with Crippen molar-refractivity contribution in [1.29, 1.82) is 0 Å². The highest BCUT2D eigenvalue weighted by molar-refractivity contribution is 14.0. The summed E-state index contributed by atoms with van der Waals surface area (Å²) in [5.41, 5.74) is 2.25. The van der Waals surface area contributed by atoms with Crippen molar-refractivity contribution >= 4 is 41.5 Å². The molecular formula is C20H28ClIN4O. The van der Waals surface area contributed by atoms with Crippen LogP contribution in [0.25, 0.3) is 0 Å². The standard InChI is InChI=1S/C20H27ClN4O.HI/c1-4-22-20(23-11-10-16-8-9-19(21)24-13-16)25-14-17-6-5-7-18(12-17)26-15(2)3;/h5-9,12-13,15H,4,10-11,14H2,1-3H3,(H2,22,23,25);1H. The molecule has 1 heterocycles. The van der Waals surface area contributed by atoms with E-state index in [0.717, 1.165) is 42.3 Å². The van der Waals surface area contributed by atoms with Gasteiger partial charge in [0.25, 0.3) is 0 Å².